The lowest BCUT2D eigenvalue weighted by Crippen LogP contribution is -2.60. The quantitative estimate of drug-likeness (QED) is 0.373. The standard InChI is InChI=1S/C25H26F4N4O2/c26-17-13-15(5-6-16(17)25(27,28)29)14-20(21-30-18-3-1-2-4-19(18)31-21)32-22(34)33-23-7-10-24(35,11-8-23)12-9-23/h1-6,13,20,35H,7-12,14H2,(H,30,31)(H2,32,33,34)/t20-,23?,24?/m1/s1. The highest BCUT2D eigenvalue weighted by Crippen LogP contribution is 2.46. The number of hydrogen-bond acceptors (Lipinski definition) is 3. The van der Waals surface area contributed by atoms with E-state index in [0.29, 0.717) is 61.5 Å². The second-order valence-electron chi connectivity index (χ2n) is 9.81. The number of benzene rings is 2. The summed E-state index contributed by atoms with van der Waals surface area (Å²) in [5.74, 6) is -0.945. The van der Waals surface area contributed by atoms with Crippen molar-refractivity contribution in [1.29, 1.82) is 0 Å². The van der Waals surface area contributed by atoms with Crippen LogP contribution in [0.25, 0.3) is 11.0 Å². The first-order valence-electron chi connectivity index (χ1n) is 11.7. The van der Waals surface area contributed by atoms with Crippen molar-refractivity contribution in [3.05, 3.63) is 65.2 Å². The highest BCUT2D eigenvalue weighted by Gasteiger charge is 2.48. The Morgan fingerprint density at radius 3 is 2.40 bits per heavy atom. The van der Waals surface area contributed by atoms with Gasteiger partial charge < -0.3 is 20.7 Å². The normalized spacial score (nSPS) is 24.9. The predicted octanol–water partition coefficient (Wildman–Crippen LogP) is 5.14. The van der Waals surface area contributed by atoms with E-state index in [4.69, 9.17) is 0 Å². The number of alkyl halides is 3. The maximum absolute atomic E-state index is 14.2. The molecule has 3 fully saturated rings. The Balaban J connectivity index is 1.38. The molecule has 0 spiro atoms. The molecular weight excluding hydrogens is 464 g/mol. The van der Waals surface area contributed by atoms with Crippen LogP contribution in [0, 0.1) is 5.82 Å². The maximum Gasteiger partial charge on any atom is 0.419 e. The van der Waals surface area contributed by atoms with E-state index in [-0.39, 0.29) is 6.42 Å². The van der Waals surface area contributed by atoms with Gasteiger partial charge in [-0.05, 0) is 68.4 Å². The molecule has 0 aliphatic heterocycles. The first-order chi connectivity index (χ1) is 16.5. The molecule has 3 aliphatic rings. The van der Waals surface area contributed by atoms with Crippen molar-refractivity contribution in [2.75, 3.05) is 0 Å². The van der Waals surface area contributed by atoms with Crippen LogP contribution in [0.2, 0.25) is 0 Å². The van der Waals surface area contributed by atoms with Gasteiger partial charge in [0, 0.05) is 12.0 Å². The lowest BCUT2D eigenvalue weighted by atomic mass is 9.63. The number of imidazole rings is 1. The molecule has 0 saturated heterocycles. The first-order valence-corrected chi connectivity index (χ1v) is 11.7. The molecule has 3 saturated carbocycles. The zero-order valence-corrected chi connectivity index (χ0v) is 18.9. The molecular formula is C25H26F4N4O2. The third-order valence-corrected chi connectivity index (χ3v) is 7.41. The third-order valence-electron chi connectivity index (χ3n) is 7.41. The Morgan fingerprint density at radius 2 is 1.77 bits per heavy atom. The largest absolute Gasteiger partial charge is 0.419 e. The van der Waals surface area contributed by atoms with Crippen LogP contribution < -0.4 is 10.6 Å². The van der Waals surface area contributed by atoms with Gasteiger partial charge in [0.2, 0.25) is 0 Å². The summed E-state index contributed by atoms with van der Waals surface area (Å²) in [5.41, 5.74) is -0.659. The average molecular weight is 491 g/mol. The number of aliphatic hydroxyl groups is 1. The number of nitrogens with one attached hydrogen (secondary N) is 3. The summed E-state index contributed by atoms with van der Waals surface area (Å²) in [4.78, 5) is 20.8. The van der Waals surface area contributed by atoms with E-state index in [1.54, 1.807) is 6.07 Å². The van der Waals surface area contributed by atoms with Crippen LogP contribution in [0.3, 0.4) is 0 Å². The van der Waals surface area contributed by atoms with E-state index in [1.807, 2.05) is 18.2 Å². The summed E-state index contributed by atoms with van der Waals surface area (Å²) >= 11 is 0. The lowest BCUT2D eigenvalue weighted by molar-refractivity contribution is -0.140. The van der Waals surface area contributed by atoms with Crippen molar-refractivity contribution in [3.8, 4) is 0 Å². The molecule has 3 aromatic rings. The zero-order valence-electron chi connectivity index (χ0n) is 18.9. The zero-order chi connectivity index (χ0) is 24.8. The van der Waals surface area contributed by atoms with E-state index in [1.165, 1.54) is 6.07 Å². The van der Waals surface area contributed by atoms with Crippen LogP contribution in [0.5, 0.6) is 0 Å². The number of nitrogens with zero attached hydrogens (tertiary/aromatic N) is 1. The number of urea groups is 1. The molecule has 1 aromatic heterocycles. The Hall–Kier alpha value is -3.14. The smallest absolute Gasteiger partial charge is 0.390 e. The van der Waals surface area contributed by atoms with E-state index in [9.17, 15) is 27.5 Å². The van der Waals surface area contributed by atoms with Gasteiger partial charge in [-0.2, -0.15) is 13.2 Å². The van der Waals surface area contributed by atoms with Gasteiger partial charge >= 0.3 is 12.2 Å². The molecule has 1 heterocycles. The number of carbonyl (C=O) groups is 1. The van der Waals surface area contributed by atoms with Crippen LogP contribution in [0.15, 0.2) is 42.5 Å². The van der Waals surface area contributed by atoms with Crippen molar-refractivity contribution in [2.45, 2.75) is 68.3 Å². The van der Waals surface area contributed by atoms with Gasteiger partial charge in [0.1, 0.15) is 11.6 Å². The number of carbonyl (C=O) groups excluding carboxylic acids is 1. The minimum absolute atomic E-state index is 0.0368. The molecule has 6 rings (SSSR count). The van der Waals surface area contributed by atoms with Gasteiger partial charge in [-0.15, -0.1) is 0 Å². The number of para-hydroxylation sites is 2. The van der Waals surface area contributed by atoms with Crippen LogP contribution in [-0.2, 0) is 12.6 Å². The number of hydrogen-bond donors (Lipinski definition) is 4. The number of aromatic nitrogens is 2. The number of aromatic amines is 1. The lowest BCUT2D eigenvalue weighted by Gasteiger charge is -2.51. The van der Waals surface area contributed by atoms with E-state index in [2.05, 4.69) is 20.6 Å². The SMILES string of the molecule is O=C(N[C@H](Cc1ccc(C(F)(F)F)c(F)c1)c1nc2ccccc2[nH]1)NC12CCC(O)(CC1)CC2. The average Bonchev–Trinajstić information content (AvgIpc) is 3.23. The molecule has 0 radical (unpaired) electrons. The van der Waals surface area contributed by atoms with Crippen LogP contribution in [0.1, 0.15) is 61.5 Å². The fraction of sp³-hybridized carbons (Fsp3) is 0.440. The first kappa shape index (κ1) is 23.6. The van der Waals surface area contributed by atoms with Gasteiger partial charge in [-0.3, -0.25) is 0 Å². The Bertz CT molecular complexity index is 1200. The molecule has 6 nitrogen and oxygen atoms in total. The third kappa shape index (κ3) is 4.84. The predicted molar refractivity (Wildman–Crippen MR) is 121 cm³/mol. The van der Waals surface area contributed by atoms with Crippen molar-refractivity contribution >= 4 is 17.1 Å². The molecule has 2 amide bonds. The van der Waals surface area contributed by atoms with E-state index >= 15 is 0 Å². The summed E-state index contributed by atoms with van der Waals surface area (Å²) in [6.45, 7) is 0. The summed E-state index contributed by atoms with van der Waals surface area (Å²) in [7, 11) is 0. The Kier molecular flexibility index (Phi) is 5.74. The summed E-state index contributed by atoms with van der Waals surface area (Å²) < 4.78 is 53.2. The van der Waals surface area contributed by atoms with Crippen LogP contribution in [0.4, 0.5) is 22.4 Å². The fourth-order valence-corrected chi connectivity index (χ4v) is 5.29. The number of amides is 2. The minimum atomic E-state index is -4.79. The fourth-order valence-electron chi connectivity index (χ4n) is 5.29. The number of halogens is 4. The van der Waals surface area contributed by atoms with E-state index < -0.39 is 40.8 Å². The molecule has 10 heteroatoms. The molecule has 0 unspecified atom stereocenters. The summed E-state index contributed by atoms with van der Waals surface area (Å²) in [6, 6.07) is 8.87. The van der Waals surface area contributed by atoms with Crippen molar-refractivity contribution in [3.63, 3.8) is 0 Å². The monoisotopic (exact) mass is 490 g/mol. The van der Waals surface area contributed by atoms with E-state index in [0.717, 1.165) is 11.6 Å². The Labute approximate surface area is 199 Å². The molecule has 1 atom stereocenters. The molecule has 2 bridgehead atoms. The minimum Gasteiger partial charge on any atom is -0.390 e. The van der Waals surface area contributed by atoms with Crippen molar-refractivity contribution < 1.29 is 27.5 Å². The Morgan fingerprint density at radius 1 is 1.09 bits per heavy atom. The summed E-state index contributed by atoms with van der Waals surface area (Å²) in [6.07, 6.45) is -0.830. The molecule has 35 heavy (non-hydrogen) atoms. The van der Waals surface area contributed by atoms with Crippen molar-refractivity contribution in [2.24, 2.45) is 0 Å². The number of H-pyrrole nitrogens is 1. The maximum atomic E-state index is 14.2. The van der Waals surface area contributed by atoms with Gasteiger partial charge in [0.25, 0.3) is 0 Å². The highest BCUT2D eigenvalue weighted by molar-refractivity contribution is 5.77. The number of rotatable bonds is 5. The highest BCUT2D eigenvalue weighted by atomic mass is 19.4. The van der Waals surface area contributed by atoms with Gasteiger partial charge in [0.05, 0.1) is 28.2 Å². The van der Waals surface area contributed by atoms with Crippen LogP contribution in [-0.4, -0.2) is 32.2 Å². The molecule has 3 aliphatic carbocycles. The summed E-state index contributed by atoms with van der Waals surface area (Å²) in [5, 5.41) is 16.4. The van der Waals surface area contributed by atoms with Crippen LogP contribution >= 0.6 is 0 Å². The molecule has 2 aromatic carbocycles. The van der Waals surface area contributed by atoms with Crippen molar-refractivity contribution in [1.82, 2.24) is 20.6 Å². The second kappa shape index (κ2) is 8.51. The van der Waals surface area contributed by atoms with Gasteiger partial charge in [0.15, 0.2) is 0 Å². The molecule has 186 valence electrons. The van der Waals surface area contributed by atoms with Gasteiger partial charge in [-0.25, -0.2) is 14.2 Å². The molecule has 4 N–H and O–H groups in total. The topological polar surface area (TPSA) is 90.0 Å². The number of fused-ring (bicyclic) bond motifs is 4. The van der Waals surface area contributed by atoms with Gasteiger partial charge in [-0.1, -0.05) is 18.2 Å². The second-order valence-corrected chi connectivity index (χ2v) is 9.81.